The monoisotopic (exact) mass is 239 g/mol. The van der Waals surface area contributed by atoms with E-state index in [-0.39, 0.29) is 0 Å². The summed E-state index contributed by atoms with van der Waals surface area (Å²) in [7, 11) is 0. The number of hydrogen-bond acceptors (Lipinski definition) is 2. The van der Waals surface area contributed by atoms with Gasteiger partial charge in [0.15, 0.2) is 4.77 Å². The van der Waals surface area contributed by atoms with E-state index in [0.29, 0.717) is 22.8 Å². The van der Waals surface area contributed by atoms with E-state index >= 15 is 0 Å². The van der Waals surface area contributed by atoms with E-state index in [9.17, 15) is 0 Å². The molecule has 16 heavy (non-hydrogen) atoms. The molecule has 0 atom stereocenters. The molecule has 1 aromatic rings. The van der Waals surface area contributed by atoms with Crippen LogP contribution in [0, 0.1) is 15.6 Å². The molecule has 4 heteroatoms. The predicted octanol–water partition coefficient (Wildman–Crippen LogP) is 3.67. The smallest absolute Gasteiger partial charge is 0.195 e. The van der Waals surface area contributed by atoms with Crippen molar-refractivity contribution in [2.75, 3.05) is 0 Å². The topological polar surface area (TPSA) is 33.6 Å². The van der Waals surface area contributed by atoms with E-state index in [4.69, 9.17) is 12.2 Å². The van der Waals surface area contributed by atoms with E-state index in [0.717, 1.165) is 10.6 Å². The van der Waals surface area contributed by atoms with Crippen molar-refractivity contribution in [3.05, 3.63) is 10.6 Å². The number of rotatable bonds is 2. The Kier molecular flexibility index (Phi) is 2.36. The van der Waals surface area contributed by atoms with Crippen LogP contribution in [0.25, 0.3) is 0 Å². The lowest BCUT2D eigenvalue weighted by atomic mass is 10.0. The molecular weight excluding hydrogens is 218 g/mol. The van der Waals surface area contributed by atoms with Crippen LogP contribution in [-0.2, 0) is 0 Å². The van der Waals surface area contributed by atoms with E-state index < -0.39 is 0 Å². The maximum Gasteiger partial charge on any atom is 0.195 e. The fraction of sp³-hybridized carbons (Fsp3) is 0.833. The van der Waals surface area contributed by atoms with Crippen LogP contribution in [0.15, 0.2) is 0 Å². The molecule has 1 N–H and O–H groups in total. The Balaban J connectivity index is 2.49. The maximum absolute atomic E-state index is 5.29. The van der Waals surface area contributed by atoms with Gasteiger partial charge in [-0.3, -0.25) is 5.10 Å². The first-order valence-electron chi connectivity index (χ1n) is 5.88. The highest BCUT2D eigenvalue weighted by Gasteiger charge is 2.67. The lowest BCUT2D eigenvalue weighted by molar-refractivity contribution is 0.457. The zero-order valence-electron chi connectivity index (χ0n) is 11.0. The molecule has 1 aromatic heterocycles. The molecule has 0 aliphatic heterocycles. The molecule has 3 nitrogen and oxygen atoms in total. The third kappa shape index (κ3) is 1.32. The summed E-state index contributed by atoms with van der Waals surface area (Å²) >= 11 is 5.29. The van der Waals surface area contributed by atoms with Crippen LogP contribution in [0.4, 0.5) is 0 Å². The third-order valence-corrected chi connectivity index (χ3v) is 4.82. The number of H-pyrrole nitrogens is 1. The fourth-order valence-electron chi connectivity index (χ4n) is 2.86. The molecule has 2 rings (SSSR count). The van der Waals surface area contributed by atoms with E-state index in [1.54, 1.807) is 0 Å². The van der Waals surface area contributed by atoms with Crippen LogP contribution in [0.5, 0.6) is 0 Å². The second-order valence-electron chi connectivity index (χ2n) is 6.23. The van der Waals surface area contributed by atoms with Gasteiger partial charge in [0.1, 0.15) is 5.82 Å². The molecule has 1 heterocycles. The molecular formula is C12H21N3S. The molecule has 0 saturated heterocycles. The first-order chi connectivity index (χ1) is 7.21. The van der Waals surface area contributed by atoms with Crippen LogP contribution in [0.3, 0.4) is 0 Å². The van der Waals surface area contributed by atoms with Crippen molar-refractivity contribution < 1.29 is 0 Å². The highest BCUT2D eigenvalue weighted by molar-refractivity contribution is 7.71. The molecule has 0 radical (unpaired) electrons. The standard InChI is InChI=1S/C12H21N3S/c1-7(2)15-9(13-14-10(15)16)8-11(3,4)12(8,5)6/h7-8H,1-6H3,(H,14,16). The van der Waals surface area contributed by atoms with Gasteiger partial charge in [-0.1, -0.05) is 27.7 Å². The van der Waals surface area contributed by atoms with Crippen molar-refractivity contribution in [1.82, 2.24) is 14.8 Å². The van der Waals surface area contributed by atoms with Crippen molar-refractivity contribution in [1.29, 1.82) is 0 Å². The average Bonchev–Trinajstić information content (AvgIpc) is 2.42. The van der Waals surface area contributed by atoms with Gasteiger partial charge in [0.2, 0.25) is 0 Å². The predicted molar refractivity (Wildman–Crippen MR) is 68.1 cm³/mol. The number of nitrogens with one attached hydrogen (secondary N) is 1. The molecule has 90 valence electrons. The second-order valence-corrected chi connectivity index (χ2v) is 6.61. The normalized spacial score (nSPS) is 22.7. The van der Waals surface area contributed by atoms with Gasteiger partial charge in [-0.05, 0) is 36.9 Å². The Morgan fingerprint density at radius 1 is 1.25 bits per heavy atom. The van der Waals surface area contributed by atoms with E-state index in [1.807, 2.05) is 0 Å². The summed E-state index contributed by atoms with van der Waals surface area (Å²) in [6.45, 7) is 13.5. The highest BCUT2D eigenvalue weighted by Crippen LogP contribution is 2.73. The summed E-state index contributed by atoms with van der Waals surface area (Å²) in [4.78, 5) is 0. The zero-order valence-corrected chi connectivity index (χ0v) is 11.8. The Morgan fingerprint density at radius 3 is 2.12 bits per heavy atom. The van der Waals surface area contributed by atoms with Crippen molar-refractivity contribution >= 4 is 12.2 Å². The molecule has 1 fully saturated rings. The maximum atomic E-state index is 5.29. The van der Waals surface area contributed by atoms with Crippen molar-refractivity contribution in [3.8, 4) is 0 Å². The Hall–Kier alpha value is -0.640. The summed E-state index contributed by atoms with van der Waals surface area (Å²) in [5, 5.41) is 7.37. The van der Waals surface area contributed by atoms with Gasteiger partial charge in [0.05, 0.1) is 0 Å². The van der Waals surface area contributed by atoms with Crippen molar-refractivity contribution in [3.63, 3.8) is 0 Å². The largest absolute Gasteiger partial charge is 0.301 e. The Morgan fingerprint density at radius 2 is 1.75 bits per heavy atom. The molecule has 0 amide bonds. The molecule has 0 aromatic carbocycles. The lowest BCUT2D eigenvalue weighted by Gasteiger charge is -2.11. The van der Waals surface area contributed by atoms with Crippen LogP contribution in [-0.4, -0.2) is 14.8 Å². The zero-order chi connectivity index (χ0) is 12.3. The highest BCUT2D eigenvalue weighted by atomic mass is 32.1. The molecule has 1 aliphatic carbocycles. The van der Waals surface area contributed by atoms with E-state index in [2.05, 4.69) is 56.3 Å². The lowest BCUT2D eigenvalue weighted by Crippen LogP contribution is -2.07. The van der Waals surface area contributed by atoms with Crippen LogP contribution in [0.2, 0.25) is 0 Å². The van der Waals surface area contributed by atoms with Crippen molar-refractivity contribution in [2.45, 2.75) is 53.5 Å². The van der Waals surface area contributed by atoms with Gasteiger partial charge in [-0.25, -0.2) is 0 Å². The van der Waals surface area contributed by atoms with Crippen LogP contribution < -0.4 is 0 Å². The molecule has 0 bridgehead atoms. The Bertz CT molecular complexity index is 451. The van der Waals surface area contributed by atoms with E-state index in [1.165, 1.54) is 0 Å². The summed E-state index contributed by atoms with van der Waals surface area (Å²) in [5.41, 5.74) is 0.612. The molecule has 0 unspecified atom stereocenters. The van der Waals surface area contributed by atoms with Gasteiger partial charge < -0.3 is 4.57 Å². The number of aromatic amines is 1. The number of hydrogen-bond donors (Lipinski definition) is 1. The quantitative estimate of drug-likeness (QED) is 0.799. The van der Waals surface area contributed by atoms with Crippen LogP contribution >= 0.6 is 12.2 Å². The summed E-state index contributed by atoms with van der Waals surface area (Å²) < 4.78 is 2.89. The van der Waals surface area contributed by atoms with Gasteiger partial charge in [0, 0.05) is 12.0 Å². The summed E-state index contributed by atoms with van der Waals surface area (Å²) in [6.07, 6.45) is 0. The fourth-order valence-corrected chi connectivity index (χ4v) is 3.21. The first kappa shape index (κ1) is 11.8. The van der Waals surface area contributed by atoms with Gasteiger partial charge >= 0.3 is 0 Å². The number of nitrogens with zero attached hydrogens (tertiary/aromatic N) is 2. The van der Waals surface area contributed by atoms with Gasteiger partial charge in [-0.15, -0.1) is 0 Å². The van der Waals surface area contributed by atoms with Gasteiger partial charge in [-0.2, -0.15) is 5.10 Å². The summed E-state index contributed by atoms with van der Waals surface area (Å²) in [5.74, 6) is 1.62. The summed E-state index contributed by atoms with van der Waals surface area (Å²) in [6, 6.07) is 0.369. The minimum absolute atomic E-state index is 0.306. The molecule has 0 spiro atoms. The average molecular weight is 239 g/mol. The van der Waals surface area contributed by atoms with Crippen LogP contribution in [0.1, 0.15) is 59.3 Å². The number of aromatic nitrogens is 3. The SMILES string of the molecule is CC(C)n1c(C2C(C)(C)C2(C)C)n[nH]c1=S. The minimum atomic E-state index is 0.306. The minimum Gasteiger partial charge on any atom is -0.301 e. The Labute approximate surface area is 102 Å². The molecule has 1 saturated carbocycles. The third-order valence-electron chi connectivity index (χ3n) is 4.53. The molecule has 1 aliphatic rings. The van der Waals surface area contributed by atoms with Crippen molar-refractivity contribution in [2.24, 2.45) is 10.8 Å². The first-order valence-corrected chi connectivity index (χ1v) is 6.29. The second kappa shape index (κ2) is 3.19. The van der Waals surface area contributed by atoms with Gasteiger partial charge in [0.25, 0.3) is 0 Å².